The summed E-state index contributed by atoms with van der Waals surface area (Å²) in [7, 11) is 0. The lowest BCUT2D eigenvalue weighted by atomic mass is 9.78. The summed E-state index contributed by atoms with van der Waals surface area (Å²) in [6.07, 6.45) is 0.445. The minimum atomic E-state index is -1.06. The van der Waals surface area contributed by atoms with Crippen molar-refractivity contribution in [3.8, 4) is 0 Å². The van der Waals surface area contributed by atoms with Crippen molar-refractivity contribution >= 4 is 29.2 Å². The third-order valence-corrected chi connectivity index (χ3v) is 4.29. The summed E-state index contributed by atoms with van der Waals surface area (Å²) in [5.41, 5.74) is -0.0173. The molecule has 2 fully saturated rings. The van der Waals surface area contributed by atoms with E-state index in [1.807, 2.05) is 0 Å². The number of amides is 1. The van der Waals surface area contributed by atoms with Gasteiger partial charge in [-0.05, 0) is 31.0 Å². The highest BCUT2D eigenvalue weighted by Gasteiger charge is 2.55. The fraction of sp³-hybridized carbons (Fsp3) is 0.429. The summed E-state index contributed by atoms with van der Waals surface area (Å²) in [6.45, 7) is 0. The van der Waals surface area contributed by atoms with Crippen LogP contribution in [0.5, 0.6) is 0 Å². The smallest absolute Gasteiger partial charge is 0.310 e. The van der Waals surface area contributed by atoms with Crippen LogP contribution in [0.1, 0.15) is 12.8 Å². The molecule has 1 amide bonds. The molecule has 0 aromatic heterocycles. The zero-order valence-electron chi connectivity index (χ0n) is 10.9. The normalized spacial score (nSPS) is 30.4. The molecule has 1 aromatic carbocycles. The molecule has 2 heterocycles. The summed E-state index contributed by atoms with van der Waals surface area (Å²) >= 11 is 5.65. The Morgan fingerprint density at radius 1 is 1.29 bits per heavy atom. The van der Waals surface area contributed by atoms with Crippen LogP contribution in [0.4, 0.5) is 10.1 Å². The SMILES string of the molecule is O=C(O)[C@@H]1[C@@H](C(=O)Nc2ccc(Cl)cc2F)[C@@H]2CC[C@@H]1O2. The Bertz CT molecular complexity index is 609. The van der Waals surface area contributed by atoms with Crippen molar-refractivity contribution < 1.29 is 23.8 Å². The van der Waals surface area contributed by atoms with E-state index in [-0.39, 0.29) is 10.7 Å². The van der Waals surface area contributed by atoms with Crippen LogP contribution in [0.2, 0.25) is 5.02 Å². The van der Waals surface area contributed by atoms with Crippen molar-refractivity contribution in [2.45, 2.75) is 25.0 Å². The van der Waals surface area contributed by atoms with Gasteiger partial charge >= 0.3 is 5.97 Å². The number of nitrogens with one attached hydrogen (secondary N) is 1. The van der Waals surface area contributed by atoms with Crippen molar-refractivity contribution in [2.75, 3.05) is 5.32 Å². The van der Waals surface area contributed by atoms with E-state index >= 15 is 0 Å². The van der Waals surface area contributed by atoms with Crippen LogP contribution in [0.25, 0.3) is 0 Å². The average molecular weight is 314 g/mol. The summed E-state index contributed by atoms with van der Waals surface area (Å²) < 4.78 is 19.2. The topological polar surface area (TPSA) is 75.6 Å². The molecular formula is C14H13ClFNO4. The molecule has 0 unspecified atom stereocenters. The number of carbonyl (C=O) groups excluding carboxylic acids is 1. The largest absolute Gasteiger partial charge is 0.481 e. The highest BCUT2D eigenvalue weighted by molar-refractivity contribution is 6.30. The third-order valence-electron chi connectivity index (χ3n) is 4.05. The highest BCUT2D eigenvalue weighted by atomic mass is 35.5. The van der Waals surface area contributed by atoms with Crippen LogP contribution >= 0.6 is 11.6 Å². The molecule has 1 aromatic rings. The number of fused-ring (bicyclic) bond motifs is 2. The van der Waals surface area contributed by atoms with Gasteiger partial charge in [-0.3, -0.25) is 9.59 Å². The monoisotopic (exact) mass is 313 g/mol. The number of hydrogen-bond acceptors (Lipinski definition) is 3. The van der Waals surface area contributed by atoms with Gasteiger partial charge in [0.15, 0.2) is 0 Å². The number of carboxylic acids is 1. The number of benzene rings is 1. The molecule has 4 atom stereocenters. The summed E-state index contributed by atoms with van der Waals surface area (Å²) in [5, 5.41) is 11.9. The summed E-state index contributed by atoms with van der Waals surface area (Å²) in [4.78, 5) is 23.6. The molecule has 0 aliphatic carbocycles. The molecule has 5 nitrogen and oxygen atoms in total. The second-order valence-electron chi connectivity index (χ2n) is 5.29. The predicted molar refractivity (Wildman–Crippen MR) is 72.6 cm³/mol. The molecule has 0 spiro atoms. The molecule has 0 saturated carbocycles. The first-order chi connectivity index (χ1) is 9.97. The first kappa shape index (κ1) is 14.3. The quantitative estimate of drug-likeness (QED) is 0.898. The van der Waals surface area contributed by atoms with Gasteiger partial charge in [0.05, 0.1) is 29.7 Å². The van der Waals surface area contributed by atoms with Gasteiger partial charge in [0.1, 0.15) is 5.82 Å². The second kappa shape index (κ2) is 5.27. The van der Waals surface area contributed by atoms with Crippen molar-refractivity contribution in [1.29, 1.82) is 0 Å². The molecule has 21 heavy (non-hydrogen) atoms. The molecule has 2 N–H and O–H groups in total. The van der Waals surface area contributed by atoms with E-state index in [1.54, 1.807) is 0 Å². The zero-order chi connectivity index (χ0) is 15.1. The van der Waals surface area contributed by atoms with Gasteiger partial charge in [0.25, 0.3) is 0 Å². The van der Waals surface area contributed by atoms with Crippen molar-refractivity contribution in [1.82, 2.24) is 0 Å². The number of ether oxygens (including phenoxy) is 1. The average Bonchev–Trinajstić information content (AvgIpc) is 3.02. The molecule has 7 heteroatoms. The second-order valence-corrected chi connectivity index (χ2v) is 5.73. The first-order valence-corrected chi connectivity index (χ1v) is 6.99. The van der Waals surface area contributed by atoms with Crippen LogP contribution in [-0.4, -0.2) is 29.2 Å². The Morgan fingerprint density at radius 2 is 1.95 bits per heavy atom. The molecule has 0 radical (unpaired) electrons. The minimum Gasteiger partial charge on any atom is -0.481 e. The summed E-state index contributed by atoms with van der Waals surface area (Å²) in [6, 6.07) is 3.88. The van der Waals surface area contributed by atoms with Crippen LogP contribution in [0.15, 0.2) is 18.2 Å². The Morgan fingerprint density at radius 3 is 2.57 bits per heavy atom. The molecule has 112 valence electrons. The predicted octanol–water partition coefficient (Wildman–Crippen LogP) is 2.30. The standard InChI is InChI=1S/C14H13ClFNO4/c15-6-1-2-8(7(16)5-6)17-13(18)11-9-3-4-10(21-9)12(11)14(19)20/h1-2,5,9-12H,3-4H2,(H,17,18)(H,19,20)/t9-,10-,11-,12-/m0/s1. The van der Waals surface area contributed by atoms with E-state index in [9.17, 15) is 19.1 Å². The van der Waals surface area contributed by atoms with E-state index in [1.165, 1.54) is 12.1 Å². The van der Waals surface area contributed by atoms with Crippen LogP contribution in [-0.2, 0) is 14.3 Å². The fourth-order valence-corrected chi connectivity index (χ4v) is 3.29. The Labute approximate surface area is 125 Å². The van der Waals surface area contributed by atoms with E-state index in [2.05, 4.69) is 5.32 Å². The van der Waals surface area contributed by atoms with Crippen molar-refractivity contribution in [3.05, 3.63) is 29.0 Å². The number of hydrogen-bond donors (Lipinski definition) is 2. The molecule has 3 rings (SSSR count). The number of rotatable bonds is 3. The lowest BCUT2D eigenvalue weighted by molar-refractivity contribution is -0.147. The maximum atomic E-state index is 13.7. The number of carbonyl (C=O) groups is 2. The van der Waals surface area contributed by atoms with Crippen LogP contribution in [0, 0.1) is 17.7 Å². The van der Waals surface area contributed by atoms with Gasteiger partial charge in [0.2, 0.25) is 5.91 Å². The number of anilines is 1. The van der Waals surface area contributed by atoms with Crippen LogP contribution in [0.3, 0.4) is 0 Å². The molecule has 2 aliphatic rings. The fourth-order valence-electron chi connectivity index (χ4n) is 3.13. The van der Waals surface area contributed by atoms with Crippen molar-refractivity contribution in [3.63, 3.8) is 0 Å². The van der Waals surface area contributed by atoms with Gasteiger partial charge in [-0.2, -0.15) is 0 Å². The van der Waals surface area contributed by atoms with Gasteiger partial charge in [-0.15, -0.1) is 0 Å². The summed E-state index contributed by atoms with van der Waals surface area (Å²) in [5.74, 6) is -3.92. The van der Waals surface area contributed by atoms with Crippen molar-refractivity contribution in [2.24, 2.45) is 11.8 Å². The molecular weight excluding hydrogens is 301 g/mol. The Balaban J connectivity index is 1.80. The lowest BCUT2D eigenvalue weighted by Gasteiger charge is -2.23. The highest BCUT2D eigenvalue weighted by Crippen LogP contribution is 2.44. The van der Waals surface area contributed by atoms with Crippen LogP contribution < -0.4 is 5.32 Å². The molecule has 2 saturated heterocycles. The lowest BCUT2D eigenvalue weighted by Crippen LogP contribution is -2.41. The molecule has 2 bridgehead atoms. The number of halogens is 2. The minimum absolute atomic E-state index is 0.0173. The van der Waals surface area contributed by atoms with E-state index in [0.717, 1.165) is 6.07 Å². The maximum Gasteiger partial charge on any atom is 0.310 e. The van der Waals surface area contributed by atoms with E-state index < -0.39 is 41.7 Å². The van der Waals surface area contributed by atoms with Gasteiger partial charge < -0.3 is 15.2 Å². The Kier molecular flexibility index (Phi) is 3.59. The van der Waals surface area contributed by atoms with Gasteiger partial charge in [-0.25, -0.2) is 4.39 Å². The van der Waals surface area contributed by atoms with E-state index in [0.29, 0.717) is 12.8 Å². The maximum absolute atomic E-state index is 13.7. The first-order valence-electron chi connectivity index (χ1n) is 6.61. The zero-order valence-corrected chi connectivity index (χ0v) is 11.6. The Hall–Kier alpha value is -1.66. The third kappa shape index (κ3) is 2.49. The number of carboxylic acid groups (broad SMARTS) is 1. The van der Waals surface area contributed by atoms with Gasteiger partial charge in [0, 0.05) is 5.02 Å². The van der Waals surface area contributed by atoms with E-state index in [4.69, 9.17) is 16.3 Å². The molecule has 2 aliphatic heterocycles. The number of aliphatic carboxylic acids is 1. The van der Waals surface area contributed by atoms with Gasteiger partial charge in [-0.1, -0.05) is 11.6 Å².